The second-order valence-corrected chi connectivity index (χ2v) is 7.06. The highest BCUT2D eigenvalue weighted by atomic mass is 32.1. The maximum absolute atomic E-state index is 12.5. The van der Waals surface area contributed by atoms with Crippen LogP contribution in [0.15, 0.2) is 54.6 Å². The van der Waals surface area contributed by atoms with Crippen LogP contribution in [0, 0.1) is 0 Å². The molecule has 138 valence electrons. The monoisotopic (exact) mass is 380 g/mol. The second kappa shape index (κ2) is 8.55. The Morgan fingerprint density at radius 1 is 1.04 bits per heavy atom. The molecule has 3 rings (SSSR count). The number of amides is 2. The lowest BCUT2D eigenvalue weighted by atomic mass is 10.1. The first-order valence-corrected chi connectivity index (χ1v) is 9.48. The molecule has 0 radical (unpaired) electrons. The molecule has 0 aliphatic heterocycles. The summed E-state index contributed by atoms with van der Waals surface area (Å²) in [5, 5.41) is 14.7. The first-order valence-electron chi connectivity index (χ1n) is 8.66. The predicted octanol–water partition coefficient (Wildman–Crippen LogP) is 3.84. The van der Waals surface area contributed by atoms with Crippen LogP contribution in [0.1, 0.15) is 50.6 Å². The van der Waals surface area contributed by atoms with Crippen molar-refractivity contribution in [3.8, 4) is 0 Å². The van der Waals surface area contributed by atoms with Crippen molar-refractivity contribution in [2.45, 2.75) is 26.3 Å². The molecule has 1 heterocycles. The van der Waals surface area contributed by atoms with Gasteiger partial charge in [0.25, 0.3) is 11.8 Å². The number of hydrogen-bond acceptors (Lipinski definition) is 5. The van der Waals surface area contributed by atoms with Crippen molar-refractivity contribution < 1.29 is 9.59 Å². The minimum atomic E-state index is -0.331. The van der Waals surface area contributed by atoms with E-state index in [1.54, 1.807) is 24.3 Å². The van der Waals surface area contributed by atoms with Crippen molar-refractivity contribution in [1.82, 2.24) is 15.5 Å². The van der Waals surface area contributed by atoms with E-state index in [9.17, 15) is 9.59 Å². The number of nitrogens with zero attached hydrogens (tertiary/aromatic N) is 2. The van der Waals surface area contributed by atoms with Gasteiger partial charge in [-0.05, 0) is 37.1 Å². The van der Waals surface area contributed by atoms with Crippen LogP contribution in [0.3, 0.4) is 0 Å². The Hall–Kier alpha value is -3.06. The average Bonchev–Trinajstić information content (AvgIpc) is 3.18. The minimum Gasteiger partial charge on any atom is -0.346 e. The summed E-state index contributed by atoms with van der Waals surface area (Å²) in [4.78, 5) is 24.8. The van der Waals surface area contributed by atoms with Crippen LogP contribution in [-0.2, 0) is 6.42 Å². The fraction of sp³-hybridized carbons (Fsp3) is 0.200. The van der Waals surface area contributed by atoms with E-state index in [1.807, 2.05) is 44.2 Å². The molecule has 27 heavy (non-hydrogen) atoms. The molecular formula is C20H20N4O2S. The van der Waals surface area contributed by atoms with Gasteiger partial charge >= 0.3 is 0 Å². The van der Waals surface area contributed by atoms with Gasteiger partial charge < -0.3 is 10.6 Å². The third-order valence-corrected chi connectivity index (χ3v) is 5.06. The van der Waals surface area contributed by atoms with Crippen molar-refractivity contribution >= 4 is 28.8 Å². The summed E-state index contributed by atoms with van der Waals surface area (Å²) in [7, 11) is 0. The Balaban J connectivity index is 1.67. The number of carbonyl (C=O) groups is 2. The number of hydrogen-bond donors (Lipinski definition) is 2. The lowest BCUT2D eigenvalue weighted by molar-refractivity contribution is 0.0938. The van der Waals surface area contributed by atoms with E-state index < -0.39 is 0 Å². The molecule has 2 N–H and O–H groups in total. The van der Waals surface area contributed by atoms with Gasteiger partial charge in [0.1, 0.15) is 5.01 Å². The maximum Gasteiger partial charge on any atom is 0.286 e. The zero-order valence-electron chi connectivity index (χ0n) is 15.1. The molecule has 3 aromatic rings. The van der Waals surface area contributed by atoms with Crippen molar-refractivity contribution in [3.05, 3.63) is 75.7 Å². The Morgan fingerprint density at radius 3 is 2.52 bits per heavy atom. The second-order valence-electron chi connectivity index (χ2n) is 6.00. The Labute approximate surface area is 161 Å². The smallest absolute Gasteiger partial charge is 0.286 e. The summed E-state index contributed by atoms with van der Waals surface area (Å²) in [6.07, 6.45) is 0.736. The van der Waals surface area contributed by atoms with Crippen LogP contribution in [0.2, 0.25) is 0 Å². The van der Waals surface area contributed by atoms with Crippen molar-refractivity contribution in [3.63, 3.8) is 0 Å². The molecule has 0 spiro atoms. The minimum absolute atomic E-state index is 0.120. The quantitative estimate of drug-likeness (QED) is 0.680. The van der Waals surface area contributed by atoms with E-state index in [2.05, 4.69) is 20.8 Å². The lowest BCUT2D eigenvalue weighted by Crippen LogP contribution is -2.26. The third-order valence-electron chi connectivity index (χ3n) is 3.99. The molecule has 0 saturated carbocycles. The molecule has 1 aromatic heterocycles. The van der Waals surface area contributed by atoms with Gasteiger partial charge in [0.2, 0.25) is 5.01 Å². The first-order chi connectivity index (χ1) is 13.1. The molecule has 0 fully saturated rings. The average molecular weight is 380 g/mol. The van der Waals surface area contributed by atoms with E-state index in [0.717, 1.165) is 17.0 Å². The molecule has 1 atom stereocenters. The van der Waals surface area contributed by atoms with Crippen LogP contribution in [0.4, 0.5) is 5.69 Å². The van der Waals surface area contributed by atoms with Crippen molar-refractivity contribution in [2.24, 2.45) is 0 Å². The summed E-state index contributed by atoms with van der Waals surface area (Å²) in [6, 6.07) is 16.4. The molecule has 0 saturated heterocycles. The number of aryl methyl sites for hydroxylation is 1. The van der Waals surface area contributed by atoms with Gasteiger partial charge in [0.15, 0.2) is 0 Å². The van der Waals surface area contributed by atoms with Crippen molar-refractivity contribution in [2.75, 3.05) is 5.32 Å². The van der Waals surface area contributed by atoms with Gasteiger partial charge in [-0.3, -0.25) is 9.59 Å². The lowest BCUT2D eigenvalue weighted by Gasteiger charge is -2.14. The largest absolute Gasteiger partial charge is 0.346 e. The van der Waals surface area contributed by atoms with Crippen LogP contribution in [-0.4, -0.2) is 22.0 Å². The molecule has 0 aliphatic rings. The highest BCUT2D eigenvalue weighted by Gasteiger charge is 2.15. The Morgan fingerprint density at radius 2 is 1.81 bits per heavy atom. The number of benzene rings is 2. The molecule has 7 heteroatoms. The summed E-state index contributed by atoms with van der Waals surface area (Å²) >= 11 is 1.26. The summed E-state index contributed by atoms with van der Waals surface area (Å²) in [6.45, 7) is 3.89. The van der Waals surface area contributed by atoms with Gasteiger partial charge in [-0.25, -0.2) is 0 Å². The number of anilines is 1. The molecule has 0 aliphatic carbocycles. The van der Waals surface area contributed by atoms with Crippen LogP contribution >= 0.6 is 11.3 Å². The molecule has 2 amide bonds. The Bertz CT molecular complexity index is 940. The molecule has 2 aromatic carbocycles. The van der Waals surface area contributed by atoms with Gasteiger partial charge in [0, 0.05) is 11.3 Å². The maximum atomic E-state index is 12.5. The molecular weight excluding hydrogens is 360 g/mol. The van der Waals surface area contributed by atoms with Crippen molar-refractivity contribution in [1.29, 1.82) is 0 Å². The fourth-order valence-electron chi connectivity index (χ4n) is 2.52. The number of nitrogens with one attached hydrogen (secondary N) is 2. The van der Waals surface area contributed by atoms with Crippen LogP contribution < -0.4 is 10.6 Å². The van der Waals surface area contributed by atoms with Crippen LogP contribution in [0.5, 0.6) is 0 Å². The van der Waals surface area contributed by atoms with E-state index in [0.29, 0.717) is 16.3 Å². The number of carbonyl (C=O) groups excluding carboxylic acids is 2. The molecule has 0 unspecified atom stereocenters. The van der Waals surface area contributed by atoms with E-state index >= 15 is 0 Å². The van der Waals surface area contributed by atoms with E-state index in [1.165, 1.54) is 11.3 Å². The zero-order valence-corrected chi connectivity index (χ0v) is 15.9. The SMILES string of the molecule is CCc1nnc(C(=O)Nc2cccc(C(=O)N[C@H](C)c3ccccc3)c2)s1. The highest BCUT2D eigenvalue weighted by molar-refractivity contribution is 7.13. The fourth-order valence-corrected chi connectivity index (χ4v) is 3.19. The van der Waals surface area contributed by atoms with E-state index in [-0.39, 0.29) is 17.9 Å². The first kappa shape index (κ1) is 18.7. The van der Waals surface area contributed by atoms with Gasteiger partial charge in [-0.1, -0.05) is 54.7 Å². The third kappa shape index (κ3) is 4.77. The highest BCUT2D eigenvalue weighted by Crippen LogP contribution is 2.17. The molecule has 6 nitrogen and oxygen atoms in total. The topological polar surface area (TPSA) is 84.0 Å². The summed E-state index contributed by atoms with van der Waals surface area (Å²) in [5.41, 5.74) is 2.04. The number of aromatic nitrogens is 2. The normalized spacial score (nSPS) is 11.6. The van der Waals surface area contributed by atoms with Gasteiger partial charge in [-0.15, -0.1) is 10.2 Å². The zero-order chi connectivity index (χ0) is 19.2. The molecule has 0 bridgehead atoms. The standard InChI is InChI=1S/C20H20N4O2S/c1-3-17-23-24-20(27-17)19(26)22-16-11-7-10-15(12-16)18(25)21-13(2)14-8-5-4-6-9-14/h4-13H,3H2,1-2H3,(H,21,25)(H,22,26)/t13-/m1/s1. The summed E-state index contributed by atoms with van der Waals surface area (Å²) < 4.78 is 0. The number of rotatable bonds is 6. The summed E-state index contributed by atoms with van der Waals surface area (Å²) in [5.74, 6) is -0.533. The Kier molecular flexibility index (Phi) is 5.93. The van der Waals surface area contributed by atoms with Crippen LogP contribution in [0.25, 0.3) is 0 Å². The van der Waals surface area contributed by atoms with Gasteiger partial charge in [0.05, 0.1) is 6.04 Å². The van der Waals surface area contributed by atoms with Gasteiger partial charge in [-0.2, -0.15) is 0 Å². The van der Waals surface area contributed by atoms with E-state index in [4.69, 9.17) is 0 Å². The predicted molar refractivity (Wildman–Crippen MR) is 106 cm³/mol.